The minimum absolute atomic E-state index is 0.199. The van der Waals surface area contributed by atoms with Gasteiger partial charge in [-0.1, -0.05) is 12.1 Å². The summed E-state index contributed by atoms with van der Waals surface area (Å²) in [7, 11) is 0. The second-order valence-corrected chi connectivity index (χ2v) is 4.12. The predicted molar refractivity (Wildman–Crippen MR) is 69.4 cm³/mol. The molecule has 0 fully saturated rings. The summed E-state index contributed by atoms with van der Waals surface area (Å²) in [5, 5.41) is 2.81. The summed E-state index contributed by atoms with van der Waals surface area (Å²) in [4.78, 5) is 0. The monoisotopic (exact) mass is 266 g/mol. The van der Waals surface area contributed by atoms with Crippen molar-refractivity contribution in [3.63, 3.8) is 0 Å². The van der Waals surface area contributed by atoms with E-state index in [0.29, 0.717) is 24.2 Å². The third-order valence-electron chi connectivity index (χ3n) is 2.76. The molecule has 5 heteroatoms. The average Bonchev–Trinajstić information content (AvgIpc) is 2.35. The number of benzene rings is 2. The lowest BCUT2D eigenvalue weighted by molar-refractivity contribution is 0.572. The van der Waals surface area contributed by atoms with E-state index in [1.165, 1.54) is 24.3 Å². The maximum absolute atomic E-state index is 13.4. The van der Waals surface area contributed by atoms with E-state index in [1.54, 1.807) is 6.07 Å². The zero-order chi connectivity index (χ0) is 13.8. The molecule has 0 atom stereocenters. The van der Waals surface area contributed by atoms with Crippen molar-refractivity contribution >= 4 is 11.4 Å². The fraction of sp³-hybridized carbons (Fsp3) is 0.143. The molecule has 0 aliphatic rings. The lowest BCUT2D eigenvalue weighted by Gasteiger charge is -2.10. The number of rotatable bonds is 4. The van der Waals surface area contributed by atoms with Crippen LogP contribution in [0.5, 0.6) is 0 Å². The van der Waals surface area contributed by atoms with E-state index < -0.39 is 17.5 Å². The number of nitrogen functional groups attached to an aromatic ring is 1. The second kappa shape index (κ2) is 5.65. The van der Waals surface area contributed by atoms with Crippen LogP contribution in [0, 0.1) is 17.5 Å². The predicted octanol–water partition coefficient (Wildman–Crippen LogP) is 3.34. The van der Waals surface area contributed by atoms with Gasteiger partial charge in [0.1, 0.15) is 17.5 Å². The van der Waals surface area contributed by atoms with Crippen LogP contribution in [0.1, 0.15) is 5.56 Å². The summed E-state index contributed by atoms with van der Waals surface area (Å²) >= 11 is 0. The van der Waals surface area contributed by atoms with Gasteiger partial charge < -0.3 is 11.1 Å². The Labute approximate surface area is 109 Å². The SMILES string of the molecule is Nc1cccc(F)c1NCCc1ccc(F)cc1F. The van der Waals surface area contributed by atoms with E-state index >= 15 is 0 Å². The van der Waals surface area contributed by atoms with Crippen LogP contribution in [-0.2, 0) is 6.42 Å². The molecule has 0 bridgehead atoms. The third kappa shape index (κ3) is 3.19. The Bertz CT molecular complexity index is 565. The number of nitrogens with one attached hydrogen (secondary N) is 1. The molecule has 100 valence electrons. The molecule has 0 saturated carbocycles. The van der Waals surface area contributed by atoms with E-state index in [4.69, 9.17) is 5.73 Å². The second-order valence-electron chi connectivity index (χ2n) is 4.12. The van der Waals surface area contributed by atoms with Crippen LogP contribution < -0.4 is 11.1 Å². The van der Waals surface area contributed by atoms with Crippen molar-refractivity contribution < 1.29 is 13.2 Å². The van der Waals surface area contributed by atoms with E-state index in [-0.39, 0.29) is 5.69 Å². The molecule has 2 aromatic rings. The largest absolute Gasteiger partial charge is 0.397 e. The van der Waals surface area contributed by atoms with Crippen molar-refractivity contribution in [2.45, 2.75) is 6.42 Å². The smallest absolute Gasteiger partial charge is 0.148 e. The van der Waals surface area contributed by atoms with Crippen LogP contribution in [0.4, 0.5) is 24.5 Å². The van der Waals surface area contributed by atoms with Crippen LogP contribution in [0.15, 0.2) is 36.4 Å². The average molecular weight is 266 g/mol. The molecule has 0 heterocycles. The highest BCUT2D eigenvalue weighted by molar-refractivity contribution is 5.66. The lowest BCUT2D eigenvalue weighted by atomic mass is 10.1. The highest BCUT2D eigenvalue weighted by Crippen LogP contribution is 2.21. The summed E-state index contributed by atoms with van der Waals surface area (Å²) in [5.74, 6) is -1.68. The van der Waals surface area contributed by atoms with E-state index in [1.807, 2.05) is 0 Å². The van der Waals surface area contributed by atoms with Gasteiger partial charge in [-0.25, -0.2) is 13.2 Å². The van der Waals surface area contributed by atoms with E-state index in [9.17, 15) is 13.2 Å². The summed E-state index contributed by atoms with van der Waals surface area (Å²) in [6, 6.07) is 7.76. The Morgan fingerprint density at radius 1 is 1.00 bits per heavy atom. The van der Waals surface area contributed by atoms with Gasteiger partial charge in [-0.05, 0) is 30.2 Å². The molecule has 0 aliphatic carbocycles. The molecule has 0 aliphatic heterocycles. The number of halogens is 3. The first-order valence-electron chi connectivity index (χ1n) is 5.79. The van der Waals surface area contributed by atoms with Crippen LogP contribution in [0.3, 0.4) is 0 Å². The molecule has 2 nitrogen and oxygen atoms in total. The molecule has 0 saturated heterocycles. The van der Waals surface area contributed by atoms with Crippen LogP contribution >= 0.6 is 0 Å². The van der Waals surface area contributed by atoms with Crippen molar-refractivity contribution in [2.24, 2.45) is 0 Å². The van der Waals surface area contributed by atoms with Gasteiger partial charge in [0.05, 0.1) is 11.4 Å². The van der Waals surface area contributed by atoms with Gasteiger partial charge in [0, 0.05) is 12.6 Å². The highest BCUT2D eigenvalue weighted by atomic mass is 19.1. The summed E-state index contributed by atoms with van der Waals surface area (Å²) in [6.45, 7) is 0.299. The van der Waals surface area contributed by atoms with Gasteiger partial charge in [0.2, 0.25) is 0 Å². The molecule has 2 aromatic carbocycles. The molecule has 0 amide bonds. The molecule has 0 radical (unpaired) electrons. The van der Waals surface area contributed by atoms with Crippen molar-refractivity contribution in [3.05, 3.63) is 59.4 Å². The minimum atomic E-state index is -0.618. The summed E-state index contributed by atoms with van der Waals surface area (Å²) in [5.41, 5.74) is 6.48. The number of hydrogen-bond acceptors (Lipinski definition) is 2. The Morgan fingerprint density at radius 3 is 2.47 bits per heavy atom. The Morgan fingerprint density at radius 2 is 1.79 bits per heavy atom. The van der Waals surface area contributed by atoms with Crippen molar-refractivity contribution in [1.29, 1.82) is 0 Å². The van der Waals surface area contributed by atoms with Crippen LogP contribution in [0.2, 0.25) is 0 Å². The Kier molecular flexibility index (Phi) is 3.94. The zero-order valence-corrected chi connectivity index (χ0v) is 10.1. The Hall–Kier alpha value is -2.17. The van der Waals surface area contributed by atoms with Crippen molar-refractivity contribution in [2.75, 3.05) is 17.6 Å². The molecule has 3 N–H and O–H groups in total. The standard InChI is InChI=1S/C14H13F3N2/c15-10-5-4-9(12(17)8-10)6-7-19-14-11(16)2-1-3-13(14)18/h1-5,8,19H,6-7,18H2. The third-order valence-corrected chi connectivity index (χ3v) is 2.76. The minimum Gasteiger partial charge on any atom is -0.397 e. The zero-order valence-electron chi connectivity index (χ0n) is 10.1. The lowest BCUT2D eigenvalue weighted by Crippen LogP contribution is -2.09. The van der Waals surface area contributed by atoms with Gasteiger partial charge in [0.15, 0.2) is 0 Å². The fourth-order valence-corrected chi connectivity index (χ4v) is 1.77. The van der Waals surface area contributed by atoms with E-state index in [2.05, 4.69) is 5.32 Å². The number of hydrogen-bond donors (Lipinski definition) is 2. The first kappa shape index (κ1) is 13.3. The van der Waals surface area contributed by atoms with E-state index in [0.717, 1.165) is 6.07 Å². The normalized spacial score (nSPS) is 10.5. The molecular weight excluding hydrogens is 253 g/mol. The fourth-order valence-electron chi connectivity index (χ4n) is 1.77. The molecular formula is C14H13F3N2. The van der Waals surface area contributed by atoms with Crippen molar-refractivity contribution in [1.82, 2.24) is 0 Å². The first-order valence-corrected chi connectivity index (χ1v) is 5.79. The van der Waals surface area contributed by atoms with Gasteiger partial charge in [-0.15, -0.1) is 0 Å². The van der Waals surface area contributed by atoms with Crippen LogP contribution in [-0.4, -0.2) is 6.54 Å². The van der Waals surface area contributed by atoms with Crippen molar-refractivity contribution in [3.8, 4) is 0 Å². The summed E-state index contributed by atoms with van der Waals surface area (Å²) < 4.78 is 39.5. The van der Waals surface area contributed by atoms with Gasteiger partial charge in [0.25, 0.3) is 0 Å². The number of anilines is 2. The molecule has 0 spiro atoms. The number of para-hydroxylation sites is 1. The Balaban J connectivity index is 2.00. The highest BCUT2D eigenvalue weighted by Gasteiger charge is 2.07. The maximum atomic E-state index is 13.4. The summed E-state index contributed by atoms with van der Waals surface area (Å²) in [6.07, 6.45) is 0.305. The molecule has 2 rings (SSSR count). The molecule has 0 aromatic heterocycles. The maximum Gasteiger partial charge on any atom is 0.148 e. The first-order chi connectivity index (χ1) is 9.08. The molecule has 19 heavy (non-hydrogen) atoms. The van der Waals surface area contributed by atoms with Gasteiger partial charge in [-0.3, -0.25) is 0 Å². The topological polar surface area (TPSA) is 38.0 Å². The quantitative estimate of drug-likeness (QED) is 0.833. The molecule has 0 unspecified atom stereocenters. The van der Waals surface area contributed by atoms with Crippen LogP contribution in [0.25, 0.3) is 0 Å². The number of nitrogens with two attached hydrogens (primary N) is 1. The van der Waals surface area contributed by atoms with Gasteiger partial charge in [-0.2, -0.15) is 0 Å². The van der Waals surface area contributed by atoms with Gasteiger partial charge >= 0.3 is 0 Å².